The van der Waals surface area contributed by atoms with Gasteiger partial charge < -0.3 is 10.2 Å². The summed E-state index contributed by atoms with van der Waals surface area (Å²) in [6.45, 7) is 1.97. The Labute approximate surface area is 188 Å². The van der Waals surface area contributed by atoms with Crippen molar-refractivity contribution in [2.24, 2.45) is 0 Å². The van der Waals surface area contributed by atoms with E-state index in [1.807, 2.05) is 6.07 Å². The summed E-state index contributed by atoms with van der Waals surface area (Å²) in [6.07, 6.45) is 5.42. The van der Waals surface area contributed by atoms with Gasteiger partial charge in [0, 0.05) is 24.7 Å². The van der Waals surface area contributed by atoms with E-state index in [4.69, 9.17) is 0 Å². The summed E-state index contributed by atoms with van der Waals surface area (Å²) in [7, 11) is -7.07. The predicted octanol–water partition coefficient (Wildman–Crippen LogP) is 1.79. The van der Waals surface area contributed by atoms with E-state index in [0.29, 0.717) is 11.3 Å². The number of nitrogens with zero attached hydrogens (tertiary/aromatic N) is 2. The first-order valence-electron chi connectivity index (χ1n) is 10.6. The number of anilines is 2. The molecule has 2 aromatic rings. The van der Waals surface area contributed by atoms with Gasteiger partial charge in [-0.2, -0.15) is 0 Å². The van der Waals surface area contributed by atoms with Gasteiger partial charge in [0.05, 0.1) is 28.3 Å². The molecule has 4 rings (SSSR count). The summed E-state index contributed by atoms with van der Waals surface area (Å²) in [4.78, 5) is 19.2. The molecule has 0 spiro atoms. The molecular formula is C21H26N4O5S2. The van der Waals surface area contributed by atoms with Crippen LogP contribution >= 0.6 is 0 Å². The highest BCUT2D eigenvalue weighted by molar-refractivity contribution is 7.92. The second-order valence-electron chi connectivity index (χ2n) is 8.15. The Bertz CT molecular complexity index is 1170. The zero-order valence-corrected chi connectivity index (χ0v) is 19.2. The number of carbonyl (C=O) groups is 1. The van der Waals surface area contributed by atoms with Crippen LogP contribution in [0.4, 0.5) is 11.5 Å². The Balaban J connectivity index is 1.37. The van der Waals surface area contributed by atoms with Crippen LogP contribution in [0.2, 0.25) is 0 Å². The van der Waals surface area contributed by atoms with Crippen LogP contribution in [-0.4, -0.2) is 58.4 Å². The second-order valence-corrected chi connectivity index (χ2v) is 12.1. The average Bonchev–Trinajstić information content (AvgIpc) is 3.12. The van der Waals surface area contributed by atoms with E-state index >= 15 is 0 Å². The van der Waals surface area contributed by atoms with Crippen molar-refractivity contribution in [3.63, 3.8) is 0 Å². The number of pyridine rings is 1. The van der Waals surface area contributed by atoms with E-state index in [2.05, 4.69) is 19.9 Å². The molecule has 1 amide bonds. The molecule has 1 aromatic heterocycles. The molecule has 9 nitrogen and oxygen atoms in total. The van der Waals surface area contributed by atoms with Crippen molar-refractivity contribution in [3.8, 4) is 0 Å². The van der Waals surface area contributed by atoms with E-state index in [0.717, 1.165) is 31.7 Å². The zero-order valence-electron chi connectivity index (χ0n) is 17.5. The van der Waals surface area contributed by atoms with Crippen molar-refractivity contribution in [2.75, 3.05) is 34.8 Å². The molecule has 0 radical (unpaired) electrons. The van der Waals surface area contributed by atoms with Gasteiger partial charge in [-0.25, -0.2) is 26.5 Å². The van der Waals surface area contributed by atoms with Crippen LogP contribution in [0.1, 0.15) is 36.0 Å². The van der Waals surface area contributed by atoms with Gasteiger partial charge >= 0.3 is 0 Å². The quantitative estimate of drug-likeness (QED) is 0.648. The number of piperidine rings is 1. The first-order chi connectivity index (χ1) is 15.2. The molecule has 172 valence electrons. The smallest absolute Gasteiger partial charge is 0.255 e. The van der Waals surface area contributed by atoms with Crippen LogP contribution in [0.5, 0.6) is 0 Å². The Morgan fingerprint density at radius 1 is 1.03 bits per heavy atom. The number of sulfonamides is 1. The standard InChI is InChI=1S/C21H26N4O5S2/c26-21(23-17-6-9-20(22-14-17)25-11-2-1-3-12-25)16-4-7-19(8-5-16)32(29,30)24-18-10-13-31(27,28)15-18/h4-9,14,18,24H,1-3,10-13,15H2,(H,23,26)/t18-/m1/s1. The van der Waals surface area contributed by atoms with E-state index in [1.54, 1.807) is 12.3 Å². The number of nitrogens with one attached hydrogen (secondary N) is 2. The third kappa shape index (κ3) is 5.45. The molecule has 0 unspecified atom stereocenters. The molecule has 1 atom stereocenters. The Hall–Kier alpha value is -2.50. The minimum atomic E-state index is -3.87. The molecule has 0 bridgehead atoms. The van der Waals surface area contributed by atoms with Crippen LogP contribution in [0.3, 0.4) is 0 Å². The summed E-state index contributed by atoms with van der Waals surface area (Å²) in [5.74, 6) is 0.293. The molecule has 3 heterocycles. The van der Waals surface area contributed by atoms with Gasteiger partial charge in [0.2, 0.25) is 10.0 Å². The monoisotopic (exact) mass is 478 g/mol. The minimum absolute atomic E-state index is 0.0207. The normalized spacial score (nSPS) is 20.8. The van der Waals surface area contributed by atoms with E-state index in [1.165, 1.54) is 30.7 Å². The lowest BCUT2D eigenvalue weighted by Gasteiger charge is -2.27. The van der Waals surface area contributed by atoms with Crippen molar-refractivity contribution in [1.82, 2.24) is 9.71 Å². The number of hydrogen-bond acceptors (Lipinski definition) is 7. The molecule has 1 aromatic carbocycles. The van der Waals surface area contributed by atoms with Gasteiger partial charge in [-0.1, -0.05) is 0 Å². The van der Waals surface area contributed by atoms with Crippen LogP contribution in [0.15, 0.2) is 47.5 Å². The third-order valence-electron chi connectivity index (χ3n) is 5.67. The number of sulfone groups is 1. The minimum Gasteiger partial charge on any atom is -0.357 e. The molecule has 2 fully saturated rings. The van der Waals surface area contributed by atoms with Gasteiger partial charge in [0.15, 0.2) is 9.84 Å². The lowest BCUT2D eigenvalue weighted by molar-refractivity contribution is 0.102. The van der Waals surface area contributed by atoms with Crippen LogP contribution in [-0.2, 0) is 19.9 Å². The SMILES string of the molecule is O=C(Nc1ccc(N2CCCCC2)nc1)c1ccc(S(=O)(=O)N[C@@H]2CCS(=O)(=O)C2)cc1. The van der Waals surface area contributed by atoms with Crippen LogP contribution in [0.25, 0.3) is 0 Å². The Morgan fingerprint density at radius 3 is 2.34 bits per heavy atom. The van der Waals surface area contributed by atoms with Gasteiger partial charge in [-0.05, 0) is 62.1 Å². The maximum Gasteiger partial charge on any atom is 0.255 e. The summed E-state index contributed by atoms with van der Waals surface area (Å²) in [6, 6.07) is 8.55. The molecule has 2 saturated heterocycles. The molecule has 2 aliphatic heterocycles. The highest BCUT2D eigenvalue weighted by Gasteiger charge is 2.31. The topological polar surface area (TPSA) is 126 Å². The van der Waals surface area contributed by atoms with Crippen molar-refractivity contribution < 1.29 is 21.6 Å². The summed E-state index contributed by atoms with van der Waals surface area (Å²) in [5.41, 5.74) is 0.851. The van der Waals surface area contributed by atoms with Gasteiger partial charge in [0.25, 0.3) is 5.91 Å². The van der Waals surface area contributed by atoms with Crippen molar-refractivity contribution >= 4 is 37.3 Å². The second kappa shape index (κ2) is 9.16. The molecule has 2 N–H and O–H groups in total. The zero-order chi connectivity index (χ0) is 22.8. The fraction of sp³-hybridized carbons (Fsp3) is 0.429. The number of carbonyl (C=O) groups excluding carboxylic acids is 1. The molecule has 32 heavy (non-hydrogen) atoms. The summed E-state index contributed by atoms with van der Waals surface area (Å²) >= 11 is 0. The summed E-state index contributed by atoms with van der Waals surface area (Å²) < 4.78 is 50.6. The van der Waals surface area contributed by atoms with Gasteiger partial charge in [-0.3, -0.25) is 4.79 Å². The van der Waals surface area contributed by atoms with Crippen LogP contribution < -0.4 is 14.9 Å². The molecule has 2 aliphatic rings. The number of benzene rings is 1. The highest BCUT2D eigenvalue weighted by Crippen LogP contribution is 2.20. The lowest BCUT2D eigenvalue weighted by atomic mass is 10.1. The predicted molar refractivity (Wildman–Crippen MR) is 122 cm³/mol. The van der Waals surface area contributed by atoms with Crippen molar-refractivity contribution in [2.45, 2.75) is 36.6 Å². The van der Waals surface area contributed by atoms with E-state index in [9.17, 15) is 21.6 Å². The van der Waals surface area contributed by atoms with Crippen LogP contribution in [0, 0.1) is 0 Å². The van der Waals surface area contributed by atoms with E-state index < -0.39 is 25.9 Å². The summed E-state index contributed by atoms with van der Waals surface area (Å²) in [5, 5.41) is 2.76. The van der Waals surface area contributed by atoms with Gasteiger partial charge in [-0.15, -0.1) is 0 Å². The Morgan fingerprint density at radius 2 is 1.75 bits per heavy atom. The molecule has 0 aliphatic carbocycles. The first kappa shape index (κ1) is 22.7. The number of rotatable bonds is 6. The maximum atomic E-state index is 12.5. The Kier molecular flexibility index (Phi) is 6.50. The fourth-order valence-corrected chi connectivity index (χ4v) is 6.98. The highest BCUT2D eigenvalue weighted by atomic mass is 32.2. The number of aromatic nitrogens is 1. The van der Waals surface area contributed by atoms with Gasteiger partial charge in [0.1, 0.15) is 5.82 Å². The molecular weight excluding hydrogens is 452 g/mol. The first-order valence-corrected chi connectivity index (χ1v) is 13.9. The molecule has 11 heteroatoms. The van der Waals surface area contributed by atoms with Crippen molar-refractivity contribution in [3.05, 3.63) is 48.2 Å². The average molecular weight is 479 g/mol. The number of amides is 1. The fourth-order valence-electron chi connectivity index (χ4n) is 3.93. The lowest BCUT2D eigenvalue weighted by Crippen LogP contribution is -2.35. The molecule has 0 saturated carbocycles. The largest absolute Gasteiger partial charge is 0.357 e. The number of hydrogen-bond donors (Lipinski definition) is 2. The van der Waals surface area contributed by atoms with Crippen molar-refractivity contribution in [1.29, 1.82) is 0 Å². The maximum absolute atomic E-state index is 12.5. The van der Waals surface area contributed by atoms with E-state index in [-0.39, 0.29) is 28.7 Å². The third-order valence-corrected chi connectivity index (χ3v) is 8.97.